The summed E-state index contributed by atoms with van der Waals surface area (Å²) in [5, 5.41) is 0. The van der Waals surface area contributed by atoms with Crippen LogP contribution in [0.15, 0.2) is 24.4 Å². The Hall–Kier alpha value is -0.980. The Kier molecular flexibility index (Phi) is 4.31. The molecule has 1 aromatic rings. The number of nitrogens with one attached hydrogen (secondary N) is 1. The Morgan fingerprint density at radius 3 is 3.00 bits per heavy atom. The first-order chi connectivity index (χ1) is 8.53. The van der Waals surface area contributed by atoms with Crippen LogP contribution in [0.25, 0.3) is 0 Å². The fraction of sp³-hybridized carbons (Fsp3) is 0.583. The van der Waals surface area contributed by atoms with E-state index in [1.165, 1.54) is 6.26 Å². The van der Waals surface area contributed by atoms with E-state index in [2.05, 4.69) is 14.6 Å². The van der Waals surface area contributed by atoms with E-state index in [1.807, 2.05) is 18.2 Å². The molecule has 1 saturated heterocycles. The normalized spacial score (nSPS) is 21.9. The molecule has 1 N–H and O–H groups in total. The van der Waals surface area contributed by atoms with Crippen LogP contribution in [0.4, 0.5) is 0 Å². The molecule has 0 aromatic carbocycles. The van der Waals surface area contributed by atoms with Crippen molar-refractivity contribution in [3.8, 4) is 0 Å². The highest BCUT2D eigenvalue weighted by atomic mass is 32.2. The lowest BCUT2D eigenvalue weighted by atomic mass is 10.1. The Morgan fingerprint density at radius 2 is 2.33 bits per heavy atom. The zero-order chi connectivity index (χ0) is 13.0. The first-order valence-corrected chi connectivity index (χ1v) is 8.02. The van der Waals surface area contributed by atoms with Crippen LogP contribution < -0.4 is 4.72 Å². The lowest BCUT2D eigenvalue weighted by molar-refractivity contribution is 0.192. The number of rotatable bonds is 4. The third-order valence-corrected chi connectivity index (χ3v) is 3.76. The maximum absolute atomic E-state index is 11.2. The van der Waals surface area contributed by atoms with Crippen LogP contribution in [0.5, 0.6) is 0 Å². The minimum absolute atomic E-state index is 0.0254. The van der Waals surface area contributed by atoms with E-state index in [9.17, 15) is 8.42 Å². The molecule has 100 valence electrons. The molecule has 2 rings (SSSR count). The molecule has 5 nitrogen and oxygen atoms in total. The van der Waals surface area contributed by atoms with Crippen molar-refractivity contribution in [3.63, 3.8) is 0 Å². The smallest absolute Gasteiger partial charge is 0.208 e. The molecule has 18 heavy (non-hydrogen) atoms. The van der Waals surface area contributed by atoms with Gasteiger partial charge in [-0.1, -0.05) is 6.07 Å². The molecule has 1 fully saturated rings. The Labute approximate surface area is 108 Å². The molecule has 1 atom stereocenters. The van der Waals surface area contributed by atoms with Gasteiger partial charge in [-0.25, -0.2) is 13.1 Å². The molecule has 6 heteroatoms. The van der Waals surface area contributed by atoms with Crippen molar-refractivity contribution in [2.45, 2.75) is 25.4 Å². The quantitative estimate of drug-likeness (QED) is 0.869. The number of nitrogens with zero attached hydrogens (tertiary/aromatic N) is 2. The van der Waals surface area contributed by atoms with Crippen LogP contribution in [-0.4, -0.2) is 43.7 Å². The van der Waals surface area contributed by atoms with E-state index in [1.54, 1.807) is 6.20 Å². The van der Waals surface area contributed by atoms with Gasteiger partial charge < -0.3 is 0 Å². The van der Waals surface area contributed by atoms with Gasteiger partial charge in [-0.2, -0.15) is 0 Å². The van der Waals surface area contributed by atoms with Gasteiger partial charge in [-0.05, 0) is 31.5 Å². The minimum atomic E-state index is -3.11. The summed E-state index contributed by atoms with van der Waals surface area (Å²) in [6.45, 7) is 2.53. The van der Waals surface area contributed by atoms with Crippen LogP contribution in [-0.2, 0) is 16.6 Å². The lowest BCUT2D eigenvalue weighted by Crippen LogP contribution is -2.47. The summed E-state index contributed by atoms with van der Waals surface area (Å²) in [5.41, 5.74) is 1.03. The van der Waals surface area contributed by atoms with E-state index in [4.69, 9.17) is 0 Å². The van der Waals surface area contributed by atoms with Crippen LogP contribution in [0.3, 0.4) is 0 Å². The summed E-state index contributed by atoms with van der Waals surface area (Å²) in [7, 11) is -3.11. The summed E-state index contributed by atoms with van der Waals surface area (Å²) in [6, 6.07) is 5.89. The zero-order valence-corrected chi connectivity index (χ0v) is 11.4. The van der Waals surface area contributed by atoms with Crippen LogP contribution in [0.1, 0.15) is 18.5 Å². The molecule has 1 aromatic heterocycles. The van der Waals surface area contributed by atoms with E-state index >= 15 is 0 Å². The Balaban J connectivity index is 1.91. The van der Waals surface area contributed by atoms with Crippen molar-refractivity contribution < 1.29 is 8.42 Å². The topological polar surface area (TPSA) is 62.3 Å². The van der Waals surface area contributed by atoms with Crippen molar-refractivity contribution in [2.75, 3.05) is 19.3 Å². The predicted molar refractivity (Wildman–Crippen MR) is 70.5 cm³/mol. The van der Waals surface area contributed by atoms with Gasteiger partial charge in [0, 0.05) is 25.3 Å². The molecule has 1 aliphatic heterocycles. The first-order valence-electron chi connectivity index (χ1n) is 6.12. The monoisotopic (exact) mass is 269 g/mol. The highest BCUT2D eigenvalue weighted by Gasteiger charge is 2.22. The number of pyridine rings is 1. The van der Waals surface area contributed by atoms with Gasteiger partial charge >= 0.3 is 0 Å². The van der Waals surface area contributed by atoms with E-state index in [0.29, 0.717) is 0 Å². The van der Waals surface area contributed by atoms with Crippen molar-refractivity contribution in [1.82, 2.24) is 14.6 Å². The number of aromatic nitrogens is 1. The van der Waals surface area contributed by atoms with Crippen molar-refractivity contribution in [3.05, 3.63) is 30.1 Å². The molecule has 0 saturated carbocycles. The average Bonchev–Trinajstić information content (AvgIpc) is 2.28. The minimum Gasteiger partial charge on any atom is -0.296 e. The van der Waals surface area contributed by atoms with Gasteiger partial charge in [0.05, 0.1) is 11.9 Å². The second kappa shape index (κ2) is 5.77. The lowest BCUT2D eigenvalue weighted by Gasteiger charge is -2.32. The van der Waals surface area contributed by atoms with Gasteiger partial charge in [0.25, 0.3) is 0 Å². The summed E-state index contributed by atoms with van der Waals surface area (Å²) in [6.07, 6.45) is 4.92. The van der Waals surface area contributed by atoms with Gasteiger partial charge in [0.1, 0.15) is 0 Å². The molecular weight excluding hydrogens is 250 g/mol. The number of likely N-dealkylation sites (tertiary alicyclic amines) is 1. The van der Waals surface area contributed by atoms with Gasteiger partial charge in [0.15, 0.2) is 0 Å². The van der Waals surface area contributed by atoms with Crippen LogP contribution in [0, 0.1) is 0 Å². The maximum Gasteiger partial charge on any atom is 0.208 e. The Bertz CT molecular complexity index is 475. The van der Waals surface area contributed by atoms with E-state index in [-0.39, 0.29) is 6.04 Å². The number of hydrogen-bond donors (Lipinski definition) is 1. The number of sulfonamides is 1. The third-order valence-electron chi connectivity index (χ3n) is 3.00. The molecular formula is C12H19N3O2S. The van der Waals surface area contributed by atoms with Crippen LogP contribution >= 0.6 is 0 Å². The molecule has 0 radical (unpaired) electrons. The highest BCUT2D eigenvalue weighted by Crippen LogP contribution is 2.13. The largest absolute Gasteiger partial charge is 0.296 e. The summed E-state index contributed by atoms with van der Waals surface area (Å²) in [4.78, 5) is 6.54. The molecule has 0 bridgehead atoms. The van der Waals surface area contributed by atoms with E-state index < -0.39 is 10.0 Å². The SMILES string of the molecule is CS(=O)(=O)NC1CCCN(Cc2ccccn2)C1. The van der Waals surface area contributed by atoms with Gasteiger partial charge in [-0.3, -0.25) is 9.88 Å². The fourth-order valence-electron chi connectivity index (χ4n) is 2.32. The second-order valence-corrected chi connectivity index (χ2v) is 6.57. The molecule has 0 aliphatic carbocycles. The zero-order valence-electron chi connectivity index (χ0n) is 10.5. The summed E-state index contributed by atoms with van der Waals surface area (Å²) < 4.78 is 25.1. The number of hydrogen-bond acceptors (Lipinski definition) is 4. The molecule has 1 aliphatic rings. The average molecular weight is 269 g/mol. The van der Waals surface area contributed by atoms with E-state index in [0.717, 1.165) is 38.2 Å². The number of piperidine rings is 1. The predicted octanol–water partition coefficient (Wildman–Crippen LogP) is 0.595. The molecule has 1 unspecified atom stereocenters. The van der Waals surface area contributed by atoms with Crippen molar-refractivity contribution >= 4 is 10.0 Å². The van der Waals surface area contributed by atoms with Crippen molar-refractivity contribution in [2.24, 2.45) is 0 Å². The molecule has 0 spiro atoms. The highest BCUT2D eigenvalue weighted by molar-refractivity contribution is 7.88. The Morgan fingerprint density at radius 1 is 1.50 bits per heavy atom. The fourth-order valence-corrected chi connectivity index (χ4v) is 3.12. The third kappa shape index (κ3) is 4.36. The molecule has 0 amide bonds. The van der Waals surface area contributed by atoms with Crippen molar-refractivity contribution in [1.29, 1.82) is 0 Å². The summed E-state index contributed by atoms with van der Waals surface area (Å²) in [5.74, 6) is 0. The maximum atomic E-state index is 11.2. The van der Waals surface area contributed by atoms with Gasteiger partial charge in [0.2, 0.25) is 10.0 Å². The first kappa shape index (κ1) is 13.5. The standard InChI is InChI=1S/C12H19N3O2S/c1-18(16,17)14-12-6-4-8-15(10-12)9-11-5-2-3-7-13-11/h2-3,5,7,12,14H,4,6,8-10H2,1H3. The second-order valence-electron chi connectivity index (χ2n) is 4.79. The summed E-state index contributed by atoms with van der Waals surface area (Å²) >= 11 is 0. The molecule has 2 heterocycles. The van der Waals surface area contributed by atoms with Gasteiger partial charge in [-0.15, -0.1) is 0 Å². The van der Waals surface area contributed by atoms with Crippen LogP contribution in [0.2, 0.25) is 0 Å².